The minimum Gasteiger partial charge on any atom is -0.486 e. The van der Waals surface area contributed by atoms with Gasteiger partial charge in [-0.15, -0.1) is 11.6 Å². The summed E-state index contributed by atoms with van der Waals surface area (Å²) >= 11 is 5.51. The van der Waals surface area contributed by atoms with E-state index < -0.39 is 12.1 Å². The Balaban J connectivity index is 1.84. The maximum atomic E-state index is 10.7. The molecule has 6 nitrogen and oxygen atoms in total. The lowest BCUT2D eigenvalue weighted by Gasteiger charge is -2.10. The number of benzene rings is 1. The van der Waals surface area contributed by atoms with Crippen LogP contribution in [0.25, 0.3) is 0 Å². The molecule has 1 atom stereocenters. The smallest absolute Gasteiger partial charge is 0.371 e. The summed E-state index contributed by atoms with van der Waals surface area (Å²) in [5, 5.41) is 21.1. The van der Waals surface area contributed by atoms with Gasteiger partial charge in [-0.2, -0.15) is 0 Å². The molecule has 22 heavy (non-hydrogen) atoms. The third-order valence-electron chi connectivity index (χ3n) is 2.83. The lowest BCUT2D eigenvalue weighted by molar-refractivity contribution is 0.0658. The van der Waals surface area contributed by atoms with Gasteiger partial charge in [-0.05, 0) is 36.4 Å². The summed E-state index contributed by atoms with van der Waals surface area (Å²) in [5.41, 5.74) is 0.836. The number of hydrogen-bond donors (Lipinski definition) is 3. The number of ether oxygens (including phenoxy) is 1. The summed E-state index contributed by atoms with van der Waals surface area (Å²) in [5.74, 6) is 0.00808. The second-order valence-electron chi connectivity index (χ2n) is 4.57. The molecule has 1 heterocycles. The zero-order chi connectivity index (χ0) is 15.9. The predicted octanol–water partition coefficient (Wildman–Crippen LogP) is 2.57. The van der Waals surface area contributed by atoms with Gasteiger partial charge in [0, 0.05) is 12.2 Å². The Labute approximate surface area is 132 Å². The van der Waals surface area contributed by atoms with Crippen molar-refractivity contribution in [3.8, 4) is 5.75 Å². The topological polar surface area (TPSA) is 91.9 Å². The summed E-state index contributed by atoms with van der Waals surface area (Å²) in [6.07, 6.45) is -0.597. The van der Waals surface area contributed by atoms with Crippen molar-refractivity contribution in [2.24, 2.45) is 0 Å². The van der Waals surface area contributed by atoms with E-state index in [1.165, 1.54) is 6.07 Å². The normalized spacial score (nSPS) is 11.9. The van der Waals surface area contributed by atoms with Crippen LogP contribution in [0.15, 0.2) is 40.8 Å². The van der Waals surface area contributed by atoms with Crippen molar-refractivity contribution in [3.05, 3.63) is 47.9 Å². The number of halogens is 1. The fourth-order valence-corrected chi connectivity index (χ4v) is 1.79. The summed E-state index contributed by atoms with van der Waals surface area (Å²) < 4.78 is 10.6. The van der Waals surface area contributed by atoms with Gasteiger partial charge in [0.1, 0.15) is 18.1 Å². The van der Waals surface area contributed by atoms with Crippen molar-refractivity contribution in [3.63, 3.8) is 0 Å². The zero-order valence-corrected chi connectivity index (χ0v) is 12.4. The summed E-state index contributed by atoms with van der Waals surface area (Å²) in [4.78, 5) is 10.7. The molecule has 0 aliphatic carbocycles. The molecule has 1 unspecified atom stereocenters. The average molecular weight is 326 g/mol. The molecule has 2 rings (SSSR count). The molecule has 0 fully saturated rings. The highest BCUT2D eigenvalue weighted by atomic mass is 35.5. The van der Waals surface area contributed by atoms with E-state index in [1.54, 1.807) is 30.3 Å². The third kappa shape index (κ3) is 4.68. The van der Waals surface area contributed by atoms with Gasteiger partial charge in [0.15, 0.2) is 0 Å². The van der Waals surface area contributed by atoms with Crippen molar-refractivity contribution < 1.29 is 24.2 Å². The first-order valence-corrected chi connectivity index (χ1v) is 7.14. The number of carbonyl (C=O) groups is 1. The van der Waals surface area contributed by atoms with Crippen molar-refractivity contribution in [2.75, 3.05) is 17.7 Å². The standard InChI is InChI=1S/C15H16ClNO5/c16-7-11(18)8-17-10-1-3-12(4-2-10)21-9-13-5-6-14(22-13)15(19)20/h1-6,11,17-18H,7-9H2,(H,19,20). The van der Waals surface area contributed by atoms with Crippen LogP contribution in [0.1, 0.15) is 16.3 Å². The minimum atomic E-state index is -1.11. The Morgan fingerprint density at radius 2 is 2.00 bits per heavy atom. The molecule has 0 saturated heterocycles. The zero-order valence-electron chi connectivity index (χ0n) is 11.7. The number of aromatic carboxylic acids is 1. The summed E-state index contributed by atoms with van der Waals surface area (Å²) in [7, 11) is 0. The van der Waals surface area contributed by atoms with E-state index in [2.05, 4.69) is 5.32 Å². The van der Waals surface area contributed by atoms with Gasteiger partial charge in [-0.1, -0.05) is 0 Å². The van der Waals surface area contributed by atoms with Gasteiger partial charge in [0.25, 0.3) is 0 Å². The SMILES string of the molecule is O=C(O)c1ccc(COc2ccc(NCC(O)CCl)cc2)o1. The van der Waals surface area contributed by atoms with Gasteiger partial charge >= 0.3 is 5.97 Å². The Morgan fingerprint density at radius 3 is 2.59 bits per heavy atom. The number of aliphatic hydroxyl groups excluding tert-OH is 1. The largest absolute Gasteiger partial charge is 0.486 e. The molecular formula is C15H16ClNO5. The molecule has 1 aromatic carbocycles. The van der Waals surface area contributed by atoms with Crippen LogP contribution in [0.3, 0.4) is 0 Å². The Hall–Kier alpha value is -2.18. The molecule has 0 aliphatic heterocycles. The van der Waals surface area contributed by atoms with E-state index in [9.17, 15) is 9.90 Å². The molecule has 7 heteroatoms. The second kappa shape index (κ2) is 7.72. The van der Waals surface area contributed by atoms with Gasteiger partial charge in [-0.25, -0.2) is 4.79 Å². The van der Waals surface area contributed by atoms with E-state index in [4.69, 9.17) is 25.9 Å². The Morgan fingerprint density at radius 1 is 1.27 bits per heavy atom. The van der Waals surface area contributed by atoms with Crippen molar-refractivity contribution in [2.45, 2.75) is 12.7 Å². The highest BCUT2D eigenvalue weighted by Gasteiger charge is 2.09. The van der Waals surface area contributed by atoms with Crippen molar-refractivity contribution >= 4 is 23.3 Å². The molecule has 0 spiro atoms. The van der Waals surface area contributed by atoms with Gasteiger partial charge in [-0.3, -0.25) is 0 Å². The monoisotopic (exact) mass is 325 g/mol. The molecule has 0 aliphatic rings. The lowest BCUT2D eigenvalue weighted by atomic mass is 10.3. The summed E-state index contributed by atoms with van der Waals surface area (Å²) in [6, 6.07) is 10.1. The van der Waals surface area contributed by atoms with E-state index in [1.807, 2.05) is 0 Å². The van der Waals surface area contributed by atoms with Crippen LogP contribution in [0, 0.1) is 0 Å². The number of furan rings is 1. The second-order valence-corrected chi connectivity index (χ2v) is 4.88. The summed E-state index contributed by atoms with van der Waals surface area (Å²) in [6.45, 7) is 0.513. The van der Waals surface area contributed by atoms with Gasteiger partial charge in [0.05, 0.1) is 12.0 Å². The lowest BCUT2D eigenvalue weighted by Crippen LogP contribution is -2.20. The highest BCUT2D eigenvalue weighted by Crippen LogP contribution is 2.18. The number of alkyl halides is 1. The molecule has 118 valence electrons. The highest BCUT2D eigenvalue weighted by molar-refractivity contribution is 6.18. The molecule has 0 radical (unpaired) electrons. The average Bonchev–Trinajstić information content (AvgIpc) is 3.01. The molecule has 0 bridgehead atoms. The van der Waals surface area contributed by atoms with Crippen LogP contribution in [-0.4, -0.2) is 34.7 Å². The van der Waals surface area contributed by atoms with Crippen LogP contribution >= 0.6 is 11.6 Å². The predicted molar refractivity (Wildman–Crippen MR) is 81.7 cm³/mol. The number of anilines is 1. The van der Waals surface area contributed by atoms with E-state index in [0.717, 1.165) is 5.69 Å². The number of hydrogen-bond acceptors (Lipinski definition) is 5. The number of rotatable bonds is 8. The number of carboxylic acids is 1. The fourth-order valence-electron chi connectivity index (χ4n) is 1.68. The van der Waals surface area contributed by atoms with Gasteiger partial charge < -0.3 is 24.7 Å². The molecular weight excluding hydrogens is 310 g/mol. The fraction of sp³-hybridized carbons (Fsp3) is 0.267. The quantitative estimate of drug-likeness (QED) is 0.646. The first kappa shape index (κ1) is 16.2. The Kier molecular flexibility index (Phi) is 5.68. The van der Waals surface area contributed by atoms with E-state index >= 15 is 0 Å². The first-order valence-electron chi connectivity index (χ1n) is 6.61. The maximum Gasteiger partial charge on any atom is 0.371 e. The number of aliphatic hydroxyl groups is 1. The Bertz CT molecular complexity index is 611. The molecule has 2 aromatic rings. The van der Waals surface area contributed by atoms with Crippen LogP contribution in [-0.2, 0) is 6.61 Å². The van der Waals surface area contributed by atoms with Crippen molar-refractivity contribution in [1.82, 2.24) is 0 Å². The molecule has 0 amide bonds. The van der Waals surface area contributed by atoms with Crippen molar-refractivity contribution in [1.29, 1.82) is 0 Å². The number of carboxylic acid groups (broad SMARTS) is 1. The number of nitrogens with one attached hydrogen (secondary N) is 1. The first-order chi connectivity index (χ1) is 10.6. The van der Waals surface area contributed by atoms with Crippen LogP contribution in [0.5, 0.6) is 5.75 Å². The third-order valence-corrected chi connectivity index (χ3v) is 3.18. The van der Waals surface area contributed by atoms with E-state index in [-0.39, 0.29) is 18.2 Å². The van der Waals surface area contributed by atoms with Crippen LogP contribution in [0.4, 0.5) is 5.69 Å². The van der Waals surface area contributed by atoms with E-state index in [0.29, 0.717) is 18.1 Å². The van der Waals surface area contributed by atoms with Crippen LogP contribution in [0.2, 0.25) is 0 Å². The molecule has 1 aromatic heterocycles. The maximum absolute atomic E-state index is 10.7. The minimum absolute atomic E-state index is 0.115. The molecule has 3 N–H and O–H groups in total. The van der Waals surface area contributed by atoms with Gasteiger partial charge in [0.2, 0.25) is 5.76 Å². The molecule has 0 saturated carbocycles. The van der Waals surface area contributed by atoms with Crippen LogP contribution < -0.4 is 10.1 Å².